The highest BCUT2D eigenvalue weighted by Gasteiger charge is 2.11. The van der Waals surface area contributed by atoms with Gasteiger partial charge in [0.25, 0.3) is 0 Å². The fourth-order valence-corrected chi connectivity index (χ4v) is 2.12. The molecule has 0 spiro atoms. The number of nitrogens with zero attached hydrogens (tertiary/aromatic N) is 2. The van der Waals surface area contributed by atoms with E-state index in [1.807, 2.05) is 30.3 Å². The summed E-state index contributed by atoms with van der Waals surface area (Å²) in [5, 5.41) is 10.8. The van der Waals surface area contributed by atoms with Gasteiger partial charge in [-0.2, -0.15) is 5.26 Å². The minimum absolute atomic E-state index is 0.0174. The summed E-state index contributed by atoms with van der Waals surface area (Å²) in [5.74, 6) is -0.270. The van der Waals surface area contributed by atoms with Crippen molar-refractivity contribution in [3.05, 3.63) is 57.1 Å². The van der Waals surface area contributed by atoms with Crippen LogP contribution in [0.4, 0.5) is 0 Å². The number of aromatic nitrogens is 1. The van der Waals surface area contributed by atoms with Crippen LogP contribution in [0.3, 0.4) is 0 Å². The third-order valence-corrected chi connectivity index (χ3v) is 3.08. The van der Waals surface area contributed by atoms with Gasteiger partial charge in [-0.15, -0.1) is 0 Å². The van der Waals surface area contributed by atoms with E-state index in [0.717, 1.165) is 16.9 Å². The lowest BCUT2D eigenvalue weighted by molar-refractivity contribution is 0.637. The van der Waals surface area contributed by atoms with Crippen molar-refractivity contribution in [3.8, 4) is 6.07 Å². The first-order valence-corrected chi connectivity index (χ1v) is 5.77. The zero-order valence-corrected chi connectivity index (χ0v) is 9.35. The van der Waals surface area contributed by atoms with Crippen molar-refractivity contribution >= 4 is 11.3 Å². The molecular formula is C12H10N2OS. The Morgan fingerprint density at radius 2 is 2.12 bits per heavy atom. The van der Waals surface area contributed by atoms with E-state index in [4.69, 9.17) is 5.26 Å². The summed E-state index contributed by atoms with van der Waals surface area (Å²) in [5.41, 5.74) is 0.947. The van der Waals surface area contributed by atoms with Crippen molar-refractivity contribution in [1.29, 1.82) is 5.26 Å². The molecule has 0 saturated heterocycles. The van der Waals surface area contributed by atoms with Crippen molar-refractivity contribution in [3.63, 3.8) is 0 Å². The van der Waals surface area contributed by atoms with E-state index in [0.29, 0.717) is 6.54 Å². The Balaban J connectivity index is 2.24. The smallest absolute Gasteiger partial charge is 0.304 e. The van der Waals surface area contributed by atoms with E-state index in [1.54, 1.807) is 16.1 Å². The first kappa shape index (κ1) is 10.7. The van der Waals surface area contributed by atoms with Crippen molar-refractivity contribution < 1.29 is 0 Å². The second kappa shape index (κ2) is 4.77. The number of nitriles is 1. The number of hydrogen-bond donors (Lipinski definition) is 0. The monoisotopic (exact) mass is 230 g/mol. The summed E-state index contributed by atoms with van der Waals surface area (Å²) in [6.45, 7) is 0.419. The van der Waals surface area contributed by atoms with E-state index in [2.05, 4.69) is 6.07 Å². The molecule has 1 aromatic carbocycles. The number of hydrogen-bond acceptors (Lipinski definition) is 3. The van der Waals surface area contributed by atoms with Gasteiger partial charge in [0.15, 0.2) is 0 Å². The van der Waals surface area contributed by atoms with Gasteiger partial charge < -0.3 is 4.57 Å². The molecule has 0 aliphatic heterocycles. The molecule has 2 aromatic rings. The standard InChI is InChI=1S/C12H10N2OS/c13-8-11(10-4-2-1-3-5-10)9-14-6-7-16-12(14)15/h1-7,11H,9H2. The Labute approximate surface area is 97.2 Å². The molecule has 1 aromatic heterocycles. The van der Waals surface area contributed by atoms with Gasteiger partial charge in [0.1, 0.15) is 0 Å². The molecule has 16 heavy (non-hydrogen) atoms. The molecule has 0 radical (unpaired) electrons. The van der Waals surface area contributed by atoms with Crippen molar-refractivity contribution in [2.24, 2.45) is 0 Å². The first-order chi connectivity index (χ1) is 7.81. The van der Waals surface area contributed by atoms with Crippen LogP contribution in [-0.4, -0.2) is 4.57 Å². The number of rotatable bonds is 3. The zero-order valence-electron chi connectivity index (χ0n) is 8.54. The SMILES string of the molecule is N#CC(Cn1ccsc1=O)c1ccccc1. The van der Waals surface area contributed by atoms with Crippen LogP contribution in [0.2, 0.25) is 0 Å². The highest BCUT2D eigenvalue weighted by atomic mass is 32.1. The van der Waals surface area contributed by atoms with Crippen LogP contribution in [-0.2, 0) is 6.54 Å². The van der Waals surface area contributed by atoms with Gasteiger partial charge in [-0.1, -0.05) is 41.7 Å². The number of thiazole rings is 1. The minimum atomic E-state index is -0.270. The fourth-order valence-electron chi connectivity index (χ4n) is 1.53. The summed E-state index contributed by atoms with van der Waals surface area (Å²) in [4.78, 5) is 11.4. The van der Waals surface area contributed by atoms with E-state index in [9.17, 15) is 4.79 Å². The second-order valence-corrected chi connectivity index (χ2v) is 4.27. The first-order valence-electron chi connectivity index (χ1n) is 4.90. The molecule has 1 atom stereocenters. The predicted octanol–water partition coefficient (Wildman–Crippen LogP) is 2.22. The molecule has 4 heteroatoms. The van der Waals surface area contributed by atoms with Gasteiger partial charge in [0.2, 0.25) is 0 Å². The number of benzene rings is 1. The Hall–Kier alpha value is -1.86. The molecule has 0 amide bonds. The summed E-state index contributed by atoms with van der Waals surface area (Å²) in [6.07, 6.45) is 1.72. The van der Waals surface area contributed by atoms with Gasteiger partial charge in [0, 0.05) is 18.1 Å². The van der Waals surface area contributed by atoms with Crippen LogP contribution in [0, 0.1) is 11.3 Å². The van der Waals surface area contributed by atoms with E-state index >= 15 is 0 Å². The molecule has 3 nitrogen and oxygen atoms in total. The summed E-state index contributed by atoms with van der Waals surface area (Å²) < 4.78 is 1.57. The van der Waals surface area contributed by atoms with Crippen LogP contribution in [0.5, 0.6) is 0 Å². The summed E-state index contributed by atoms with van der Waals surface area (Å²) >= 11 is 1.15. The van der Waals surface area contributed by atoms with Crippen molar-refractivity contribution in [1.82, 2.24) is 4.57 Å². The maximum Gasteiger partial charge on any atom is 0.307 e. The Morgan fingerprint density at radius 1 is 1.38 bits per heavy atom. The van der Waals surface area contributed by atoms with Gasteiger partial charge >= 0.3 is 4.87 Å². The van der Waals surface area contributed by atoms with Crippen LogP contribution < -0.4 is 4.87 Å². The van der Waals surface area contributed by atoms with Crippen LogP contribution in [0.25, 0.3) is 0 Å². The van der Waals surface area contributed by atoms with Gasteiger partial charge in [-0.05, 0) is 5.56 Å². The lowest BCUT2D eigenvalue weighted by atomic mass is 10.0. The summed E-state index contributed by atoms with van der Waals surface area (Å²) in [7, 11) is 0. The molecule has 0 aliphatic carbocycles. The van der Waals surface area contributed by atoms with Crippen molar-refractivity contribution in [2.45, 2.75) is 12.5 Å². The van der Waals surface area contributed by atoms with Crippen LogP contribution in [0.1, 0.15) is 11.5 Å². The average Bonchev–Trinajstić information content (AvgIpc) is 2.73. The Kier molecular flexibility index (Phi) is 3.18. The predicted molar refractivity (Wildman–Crippen MR) is 63.4 cm³/mol. The van der Waals surface area contributed by atoms with Crippen molar-refractivity contribution in [2.75, 3.05) is 0 Å². The van der Waals surface area contributed by atoms with Gasteiger partial charge in [0.05, 0.1) is 12.0 Å². The highest BCUT2D eigenvalue weighted by Crippen LogP contribution is 2.16. The summed E-state index contributed by atoms with van der Waals surface area (Å²) in [6, 6.07) is 11.8. The third kappa shape index (κ3) is 2.20. The molecule has 0 saturated carbocycles. The zero-order chi connectivity index (χ0) is 11.4. The van der Waals surface area contributed by atoms with Crippen LogP contribution >= 0.6 is 11.3 Å². The van der Waals surface area contributed by atoms with E-state index in [1.165, 1.54) is 0 Å². The van der Waals surface area contributed by atoms with Crippen LogP contribution in [0.15, 0.2) is 46.7 Å². The van der Waals surface area contributed by atoms with Gasteiger partial charge in [-0.3, -0.25) is 4.79 Å². The topological polar surface area (TPSA) is 45.8 Å². The maximum absolute atomic E-state index is 11.4. The van der Waals surface area contributed by atoms with E-state index in [-0.39, 0.29) is 10.8 Å². The van der Waals surface area contributed by atoms with Gasteiger partial charge in [-0.25, -0.2) is 0 Å². The minimum Gasteiger partial charge on any atom is -0.304 e. The Bertz CT molecular complexity index is 550. The quantitative estimate of drug-likeness (QED) is 0.811. The molecule has 0 bridgehead atoms. The lowest BCUT2D eigenvalue weighted by Crippen LogP contribution is -2.16. The second-order valence-electron chi connectivity index (χ2n) is 3.41. The molecule has 1 heterocycles. The molecule has 0 aliphatic rings. The normalized spacial score (nSPS) is 11.9. The molecule has 80 valence electrons. The third-order valence-electron chi connectivity index (χ3n) is 2.38. The fraction of sp³-hybridized carbons (Fsp3) is 0.167. The Morgan fingerprint density at radius 3 is 2.69 bits per heavy atom. The lowest BCUT2D eigenvalue weighted by Gasteiger charge is -2.09. The molecule has 0 fully saturated rings. The molecular weight excluding hydrogens is 220 g/mol. The average molecular weight is 230 g/mol. The van der Waals surface area contributed by atoms with E-state index < -0.39 is 0 Å². The highest BCUT2D eigenvalue weighted by molar-refractivity contribution is 7.07. The molecule has 1 unspecified atom stereocenters. The molecule has 2 rings (SSSR count). The largest absolute Gasteiger partial charge is 0.307 e. The maximum atomic E-state index is 11.4. The molecule has 0 N–H and O–H groups in total.